The lowest BCUT2D eigenvalue weighted by atomic mass is 10.1. The van der Waals surface area contributed by atoms with Crippen LogP contribution >= 0.6 is 11.6 Å². The molecule has 0 saturated heterocycles. The number of aromatic nitrogens is 2. The van der Waals surface area contributed by atoms with E-state index in [2.05, 4.69) is 5.32 Å². The van der Waals surface area contributed by atoms with E-state index in [0.29, 0.717) is 16.1 Å². The molecule has 172 valence electrons. The number of benzene rings is 3. The molecule has 0 unspecified atom stereocenters. The van der Waals surface area contributed by atoms with E-state index in [-0.39, 0.29) is 41.3 Å². The first kappa shape index (κ1) is 23.1. The fourth-order valence-corrected chi connectivity index (χ4v) is 3.75. The summed E-state index contributed by atoms with van der Waals surface area (Å²) in [7, 11) is 0. The van der Waals surface area contributed by atoms with Crippen LogP contribution in [0.2, 0.25) is 5.02 Å². The minimum absolute atomic E-state index is 0.132. The van der Waals surface area contributed by atoms with Gasteiger partial charge in [-0.3, -0.25) is 19.0 Å². The molecule has 0 atom stereocenters. The Labute approximate surface area is 198 Å². The van der Waals surface area contributed by atoms with E-state index in [1.54, 1.807) is 24.3 Å². The standard InChI is InChI=1S/C25H19ClFN3O4/c1-15(31)17-3-2-4-20(11-17)30-24(33)21-10-7-18(26)12-22(21)29(25(30)34)14-23(32)28-13-16-5-8-19(27)9-6-16/h2-12H,13-14H2,1H3,(H,28,32). The van der Waals surface area contributed by atoms with E-state index in [0.717, 1.165) is 9.13 Å². The third kappa shape index (κ3) is 4.67. The van der Waals surface area contributed by atoms with Gasteiger partial charge < -0.3 is 5.32 Å². The number of nitrogens with zero attached hydrogens (tertiary/aromatic N) is 2. The van der Waals surface area contributed by atoms with Gasteiger partial charge in [-0.2, -0.15) is 0 Å². The van der Waals surface area contributed by atoms with Crippen molar-refractivity contribution in [2.75, 3.05) is 0 Å². The minimum atomic E-state index is -0.752. The zero-order valence-corrected chi connectivity index (χ0v) is 18.8. The molecule has 3 aromatic carbocycles. The first-order chi connectivity index (χ1) is 16.2. The van der Waals surface area contributed by atoms with Crippen LogP contribution < -0.4 is 16.6 Å². The molecule has 4 aromatic rings. The molecule has 0 spiro atoms. The Morgan fingerprint density at radius 1 is 1.00 bits per heavy atom. The van der Waals surface area contributed by atoms with Crippen molar-refractivity contribution >= 4 is 34.2 Å². The normalized spacial score (nSPS) is 10.9. The smallest absolute Gasteiger partial charge is 0.336 e. The van der Waals surface area contributed by atoms with Crippen molar-refractivity contribution in [1.82, 2.24) is 14.5 Å². The zero-order valence-electron chi connectivity index (χ0n) is 18.0. The van der Waals surface area contributed by atoms with Crippen LogP contribution in [0.25, 0.3) is 16.6 Å². The lowest BCUT2D eigenvalue weighted by molar-refractivity contribution is -0.121. The first-order valence-corrected chi connectivity index (χ1v) is 10.7. The number of fused-ring (bicyclic) bond motifs is 1. The number of halogens is 2. The van der Waals surface area contributed by atoms with Gasteiger partial charge in [0.05, 0.1) is 16.6 Å². The van der Waals surface area contributed by atoms with Crippen LogP contribution in [0, 0.1) is 5.82 Å². The molecule has 34 heavy (non-hydrogen) atoms. The van der Waals surface area contributed by atoms with Crippen LogP contribution in [0.1, 0.15) is 22.8 Å². The maximum absolute atomic E-state index is 13.4. The number of ketones is 1. The number of hydrogen-bond acceptors (Lipinski definition) is 4. The summed E-state index contributed by atoms with van der Waals surface area (Å²) >= 11 is 6.11. The Kier molecular flexibility index (Phi) is 6.43. The van der Waals surface area contributed by atoms with Crippen LogP contribution in [0.3, 0.4) is 0 Å². The van der Waals surface area contributed by atoms with E-state index >= 15 is 0 Å². The summed E-state index contributed by atoms with van der Waals surface area (Å²) in [6.07, 6.45) is 0. The summed E-state index contributed by atoms with van der Waals surface area (Å²) < 4.78 is 15.2. The SMILES string of the molecule is CC(=O)c1cccc(-n2c(=O)c3ccc(Cl)cc3n(CC(=O)NCc3ccc(F)cc3)c2=O)c1. The summed E-state index contributed by atoms with van der Waals surface area (Å²) in [5, 5.41) is 3.16. The average molecular weight is 480 g/mol. The number of nitrogens with one attached hydrogen (secondary N) is 1. The molecule has 0 bridgehead atoms. The molecule has 9 heteroatoms. The van der Waals surface area contributed by atoms with E-state index in [4.69, 9.17) is 11.6 Å². The molecule has 4 rings (SSSR count). The van der Waals surface area contributed by atoms with Crippen molar-refractivity contribution in [1.29, 1.82) is 0 Å². The predicted octanol–water partition coefficient (Wildman–Crippen LogP) is 3.46. The molecule has 0 aliphatic carbocycles. The Morgan fingerprint density at radius 3 is 2.44 bits per heavy atom. The topological polar surface area (TPSA) is 90.2 Å². The molecule has 0 aliphatic heterocycles. The molecule has 0 aliphatic rings. The lowest BCUT2D eigenvalue weighted by Crippen LogP contribution is -2.41. The van der Waals surface area contributed by atoms with Gasteiger partial charge in [-0.25, -0.2) is 13.8 Å². The third-order valence-electron chi connectivity index (χ3n) is 5.32. The Hall–Kier alpha value is -4.04. The Balaban J connectivity index is 1.78. The van der Waals surface area contributed by atoms with Gasteiger partial charge in [-0.1, -0.05) is 35.9 Å². The maximum atomic E-state index is 13.4. The molecule has 0 fully saturated rings. The van der Waals surface area contributed by atoms with Crippen molar-refractivity contribution < 1.29 is 14.0 Å². The second kappa shape index (κ2) is 9.44. The predicted molar refractivity (Wildman–Crippen MR) is 127 cm³/mol. The molecule has 0 radical (unpaired) electrons. The molecule has 1 heterocycles. The summed E-state index contributed by atoms with van der Waals surface area (Å²) in [6, 6.07) is 16.2. The van der Waals surface area contributed by atoms with Gasteiger partial charge >= 0.3 is 5.69 Å². The van der Waals surface area contributed by atoms with Crippen molar-refractivity contribution in [2.24, 2.45) is 0 Å². The largest absolute Gasteiger partial charge is 0.350 e. The minimum Gasteiger partial charge on any atom is -0.350 e. The highest BCUT2D eigenvalue weighted by atomic mass is 35.5. The number of rotatable bonds is 6. The van der Waals surface area contributed by atoms with Crippen molar-refractivity contribution in [3.63, 3.8) is 0 Å². The second-order valence-corrected chi connectivity index (χ2v) is 8.12. The maximum Gasteiger partial charge on any atom is 0.336 e. The van der Waals surface area contributed by atoms with Crippen LogP contribution in [-0.4, -0.2) is 20.8 Å². The first-order valence-electron chi connectivity index (χ1n) is 10.3. The molecular formula is C25H19ClFN3O4. The lowest BCUT2D eigenvalue weighted by Gasteiger charge is -2.15. The van der Waals surface area contributed by atoms with Gasteiger partial charge in [-0.05, 0) is 55.0 Å². The van der Waals surface area contributed by atoms with E-state index in [9.17, 15) is 23.6 Å². The van der Waals surface area contributed by atoms with Gasteiger partial charge in [-0.15, -0.1) is 0 Å². The number of amides is 1. The fourth-order valence-electron chi connectivity index (χ4n) is 3.59. The summed E-state index contributed by atoms with van der Waals surface area (Å²) in [5.41, 5.74) is 0.0841. The molecule has 0 saturated carbocycles. The third-order valence-corrected chi connectivity index (χ3v) is 5.56. The number of Topliss-reactive ketones (excluding diaryl/α,β-unsaturated/α-hetero) is 1. The highest BCUT2D eigenvalue weighted by Crippen LogP contribution is 2.17. The van der Waals surface area contributed by atoms with Crippen LogP contribution in [0.4, 0.5) is 4.39 Å². The van der Waals surface area contributed by atoms with E-state index < -0.39 is 17.2 Å². The monoisotopic (exact) mass is 479 g/mol. The summed E-state index contributed by atoms with van der Waals surface area (Å²) in [5.74, 6) is -1.10. The Morgan fingerprint density at radius 2 is 1.74 bits per heavy atom. The zero-order chi connectivity index (χ0) is 24.4. The number of carbonyl (C=O) groups excluding carboxylic acids is 2. The van der Waals surface area contributed by atoms with Crippen LogP contribution in [0.15, 0.2) is 76.3 Å². The van der Waals surface area contributed by atoms with Crippen molar-refractivity contribution in [3.8, 4) is 5.69 Å². The second-order valence-electron chi connectivity index (χ2n) is 7.68. The molecule has 7 nitrogen and oxygen atoms in total. The van der Waals surface area contributed by atoms with Gasteiger partial charge in [0, 0.05) is 17.1 Å². The van der Waals surface area contributed by atoms with Gasteiger partial charge in [0.25, 0.3) is 5.56 Å². The van der Waals surface area contributed by atoms with Crippen molar-refractivity contribution in [2.45, 2.75) is 20.0 Å². The van der Waals surface area contributed by atoms with Crippen molar-refractivity contribution in [3.05, 3.63) is 110 Å². The van der Waals surface area contributed by atoms with Gasteiger partial charge in [0.15, 0.2) is 5.78 Å². The summed E-state index contributed by atoms with van der Waals surface area (Å²) in [4.78, 5) is 51.1. The van der Waals surface area contributed by atoms with Crippen LogP contribution in [-0.2, 0) is 17.9 Å². The van der Waals surface area contributed by atoms with Gasteiger partial charge in [0.1, 0.15) is 12.4 Å². The van der Waals surface area contributed by atoms with E-state index in [1.807, 2.05) is 0 Å². The highest BCUT2D eigenvalue weighted by molar-refractivity contribution is 6.31. The number of hydrogen-bond donors (Lipinski definition) is 1. The quantitative estimate of drug-likeness (QED) is 0.429. The Bertz CT molecular complexity index is 1540. The molecular weight excluding hydrogens is 461 g/mol. The van der Waals surface area contributed by atoms with Crippen LogP contribution in [0.5, 0.6) is 0 Å². The van der Waals surface area contributed by atoms with E-state index in [1.165, 1.54) is 49.4 Å². The number of carbonyl (C=O) groups is 2. The molecule has 1 amide bonds. The molecule has 1 aromatic heterocycles. The average Bonchev–Trinajstić information content (AvgIpc) is 2.81. The van der Waals surface area contributed by atoms with Gasteiger partial charge in [0.2, 0.25) is 5.91 Å². The highest BCUT2D eigenvalue weighted by Gasteiger charge is 2.17. The summed E-state index contributed by atoms with van der Waals surface area (Å²) in [6.45, 7) is 1.13. The fraction of sp³-hybridized carbons (Fsp3) is 0.120. The molecule has 1 N–H and O–H groups in total.